The molecular weight excluding hydrogens is 219 g/mol. The molecule has 4 N–H and O–H groups in total. The summed E-state index contributed by atoms with van der Waals surface area (Å²) in [6.45, 7) is 2.54. The normalized spacial score (nSPS) is 14.6. The van der Waals surface area contributed by atoms with E-state index in [0.717, 1.165) is 12.8 Å². The first-order chi connectivity index (χ1) is 8.19. The number of aliphatic hydroxyl groups is 1. The molecule has 17 heavy (non-hydrogen) atoms. The van der Waals surface area contributed by atoms with Crippen LogP contribution >= 0.6 is 0 Å². The average Bonchev–Trinajstić information content (AvgIpc) is 2.34. The molecule has 96 valence electrons. The molecule has 2 atom stereocenters. The topological polar surface area (TPSA) is 58.3 Å². The molecule has 0 saturated carbocycles. The molecular formula is C13H21FN2O. The molecule has 0 radical (unpaired) electrons. The van der Waals surface area contributed by atoms with Crippen LogP contribution < -0.4 is 11.1 Å². The fraction of sp³-hybridized carbons (Fsp3) is 0.538. The van der Waals surface area contributed by atoms with Crippen LogP contribution in [0.3, 0.4) is 0 Å². The van der Waals surface area contributed by atoms with Crippen molar-refractivity contribution in [2.75, 3.05) is 13.2 Å². The number of hydrogen-bond acceptors (Lipinski definition) is 3. The van der Waals surface area contributed by atoms with E-state index in [4.69, 9.17) is 10.8 Å². The second-order valence-corrected chi connectivity index (χ2v) is 4.24. The van der Waals surface area contributed by atoms with E-state index in [-0.39, 0.29) is 24.5 Å². The lowest BCUT2D eigenvalue weighted by Crippen LogP contribution is -2.35. The number of benzene rings is 1. The number of hydrogen-bond donors (Lipinski definition) is 3. The van der Waals surface area contributed by atoms with E-state index in [1.165, 1.54) is 6.07 Å². The van der Waals surface area contributed by atoms with Crippen molar-refractivity contribution in [3.8, 4) is 0 Å². The third-order valence-corrected chi connectivity index (χ3v) is 2.80. The molecule has 0 amide bonds. The fourth-order valence-electron chi connectivity index (χ4n) is 1.87. The van der Waals surface area contributed by atoms with Crippen LogP contribution in [-0.4, -0.2) is 24.3 Å². The van der Waals surface area contributed by atoms with Crippen molar-refractivity contribution >= 4 is 0 Å². The zero-order chi connectivity index (χ0) is 12.7. The quantitative estimate of drug-likeness (QED) is 0.678. The molecule has 0 bridgehead atoms. The number of nitrogens with two attached hydrogens (primary N) is 1. The zero-order valence-corrected chi connectivity index (χ0v) is 10.2. The lowest BCUT2D eigenvalue weighted by molar-refractivity contribution is 0.273. The van der Waals surface area contributed by atoms with Crippen molar-refractivity contribution in [2.24, 2.45) is 5.73 Å². The summed E-state index contributed by atoms with van der Waals surface area (Å²) in [7, 11) is 0. The Morgan fingerprint density at radius 2 is 2.12 bits per heavy atom. The van der Waals surface area contributed by atoms with Gasteiger partial charge in [-0.2, -0.15) is 0 Å². The molecule has 0 aliphatic heterocycles. The fourth-order valence-corrected chi connectivity index (χ4v) is 1.87. The molecule has 4 heteroatoms. The van der Waals surface area contributed by atoms with Crippen LogP contribution in [0, 0.1) is 5.82 Å². The first kappa shape index (κ1) is 14.1. The highest BCUT2D eigenvalue weighted by molar-refractivity contribution is 5.21. The van der Waals surface area contributed by atoms with Gasteiger partial charge in [-0.25, -0.2) is 4.39 Å². The first-order valence-electron chi connectivity index (χ1n) is 6.00. The standard InChI is InChI=1S/C13H21FN2O/c1-10(5-4-8-17)16-13(9-15)11-6-2-3-7-12(11)14/h2-3,6-7,10,13,16-17H,4-5,8-9,15H2,1H3. The summed E-state index contributed by atoms with van der Waals surface area (Å²) in [5.41, 5.74) is 6.27. The zero-order valence-electron chi connectivity index (χ0n) is 10.2. The molecule has 0 saturated heterocycles. The lowest BCUT2D eigenvalue weighted by atomic mass is 10.0. The van der Waals surface area contributed by atoms with E-state index < -0.39 is 0 Å². The third-order valence-electron chi connectivity index (χ3n) is 2.80. The Balaban J connectivity index is 2.62. The number of aliphatic hydroxyl groups excluding tert-OH is 1. The van der Waals surface area contributed by atoms with Gasteiger partial charge in [0, 0.05) is 30.8 Å². The lowest BCUT2D eigenvalue weighted by Gasteiger charge is -2.22. The summed E-state index contributed by atoms with van der Waals surface area (Å²) >= 11 is 0. The van der Waals surface area contributed by atoms with Gasteiger partial charge in [0.1, 0.15) is 5.82 Å². The third kappa shape index (κ3) is 4.42. The summed E-state index contributed by atoms with van der Waals surface area (Å²) in [6, 6.07) is 6.69. The van der Waals surface area contributed by atoms with Gasteiger partial charge in [0.2, 0.25) is 0 Å². The van der Waals surface area contributed by atoms with E-state index in [0.29, 0.717) is 12.1 Å². The van der Waals surface area contributed by atoms with Gasteiger partial charge in [-0.15, -0.1) is 0 Å². The molecule has 0 spiro atoms. The van der Waals surface area contributed by atoms with Gasteiger partial charge in [-0.05, 0) is 25.8 Å². The molecule has 1 rings (SSSR count). The smallest absolute Gasteiger partial charge is 0.128 e. The van der Waals surface area contributed by atoms with Gasteiger partial charge in [-0.3, -0.25) is 0 Å². The van der Waals surface area contributed by atoms with E-state index in [2.05, 4.69) is 5.32 Å². The van der Waals surface area contributed by atoms with Gasteiger partial charge in [0.25, 0.3) is 0 Å². The van der Waals surface area contributed by atoms with Crippen LogP contribution in [0.2, 0.25) is 0 Å². The Morgan fingerprint density at radius 1 is 1.41 bits per heavy atom. The van der Waals surface area contributed by atoms with Gasteiger partial charge in [-0.1, -0.05) is 18.2 Å². The van der Waals surface area contributed by atoms with Crippen molar-refractivity contribution in [1.29, 1.82) is 0 Å². The van der Waals surface area contributed by atoms with Crippen molar-refractivity contribution in [3.63, 3.8) is 0 Å². The molecule has 3 nitrogen and oxygen atoms in total. The Morgan fingerprint density at radius 3 is 2.71 bits per heavy atom. The molecule has 0 heterocycles. The van der Waals surface area contributed by atoms with Crippen molar-refractivity contribution in [1.82, 2.24) is 5.32 Å². The Kier molecular flexibility index (Phi) is 6.11. The molecule has 0 aliphatic rings. The predicted octanol–water partition coefficient (Wildman–Crippen LogP) is 1.58. The first-order valence-corrected chi connectivity index (χ1v) is 6.00. The molecule has 0 aliphatic carbocycles. The second-order valence-electron chi connectivity index (χ2n) is 4.24. The maximum Gasteiger partial charge on any atom is 0.128 e. The van der Waals surface area contributed by atoms with Crippen molar-refractivity contribution in [2.45, 2.75) is 31.8 Å². The van der Waals surface area contributed by atoms with Gasteiger partial charge >= 0.3 is 0 Å². The Bertz CT molecular complexity index is 333. The maximum atomic E-state index is 13.6. The number of rotatable bonds is 7. The molecule has 0 fully saturated rings. The molecule has 2 unspecified atom stereocenters. The minimum Gasteiger partial charge on any atom is -0.396 e. The van der Waals surface area contributed by atoms with Crippen LogP contribution in [-0.2, 0) is 0 Å². The Hall–Kier alpha value is -0.970. The highest BCUT2D eigenvalue weighted by Crippen LogP contribution is 2.17. The Labute approximate surface area is 102 Å². The maximum absolute atomic E-state index is 13.6. The molecule has 0 aromatic heterocycles. The van der Waals surface area contributed by atoms with Crippen LogP contribution in [0.15, 0.2) is 24.3 Å². The summed E-state index contributed by atoms with van der Waals surface area (Å²) in [6.07, 6.45) is 1.59. The van der Waals surface area contributed by atoms with Crippen LogP contribution in [0.25, 0.3) is 0 Å². The van der Waals surface area contributed by atoms with E-state index in [1.54, 1.807) is 18.2 Å². The molecule has 1 aromatic carbocycles. The highest BCUT2D eigenvalue weighted by Gasteiger charge is 2.15. The summed E-state index contributed by atoms with van der Waals surface area (Å²) in [5.74, 6) is -0.232. The van der Waals surface area contributed by atoms with E-state index in [1.807, 2.05) is 6.92 Å². The number of halogens is 1. The highest BCUT2D eigenvalue weighted by atomic mass is 19.1. The number of nitrogens with one attached hydrogen (secondary N) is 1. The van der Waals surface area contributed by atoms with Crippen LogP contribution in [0.4, 0.5) is 4.39 Å². The molecule has 1 aromatic rings. The van der Waals surface area contributed by atoms with Crippen LogP contribution in [0.1, 0.15) is 31.4 Å². The second kappa shape index (κ2) is 7.37. The van der Waals surface area contributed by atoms with Gasteiger partial charge in [0.05, 0.1) is 0 Å². The predicted molar refractivity (Wildman–Crippen MR) is 67.1 cm³/mol. The van der Waals surface area contributed by atoms with E-state index in [9.17, 15) is 4.39 Å². The van der Waals surface area contributed by atoms with E-state index >= 15 is 0 Å². The van der Waals surface area contributed by atoms with Crippen LogP contribution in [0.5, 0.6) is 0 Å². The van der Waals surface area contributed by atoms with Crippen molar-refractivity contribution < 1.29 is 9.50 Å². The van der Waals surface area contributed by atoms with Gasteiger partial charge < -0.3 is 16.2 Å². The minimum atomic E-state index is -0.232. The SMILES string of the molecule is CC(CCCO)NC(CN)c1ccccc1F. The monoisotopic (exact) mass is 240 g/mol. The van der Waals surface area contributed by atoms with Crippen molar-refractivity contribution in [3.05, 3.63) is 35.6 Å². The average molecular weight is 240 g/mol. The summed E-state index contributed by atoms with van der Waals surface area (Å²) in [4.78, 5) is 0. The summed E-state index contributed by atoms with van der Waals surface area (Å²) in [5, 5.41) is 12.0. The minimum absolute atomic E-state index is 0.176. The summed E-state index contributed by atoms with van der Waals surface area (Å²) < 4.78 is 13.6. The van der Waals surface area contributed by atoms with Gasteiger partial charge in [0.15, 0.2) is 0 Å². The largest absolute Gasteiger partial charge is 0.396 e.